The molecule has 1 heterocycles. The summed E-state index contributed by atoms with van der Waals surface area (Å²) in [6.07, 6.45) is 2.25. The molecule has 2 N–H and O–H groups in total. The van der Waals surface area contributed by atoms with Crippen molar-refractivity contribution in [2.75, 3.05) is 19.7 Å². The van der Waals surface area contributed by atoms with Crippen molar-refractivity contribution in [1.82, 2.24) is 15.6 Å². The normalized spacial score (nSPS) is 13.0. The number of thiazole rings is 1. The Kier molecular flexibility index (Phi) is 9.49. The fraction of sp³-hybridized carbons (Fsp3) is 0.722. The van der Waals surface area contributed by atoms with Gasteiger partial charge in [0.2, 0.25) is 0 Å². The topological polar surface area (TPSA) is 75.6 Å². The highest BCUT2D eigenvalue weighted by atomic mass is 32.1. The molecule has 0 fully saturated rings. The van der Waals surface area contributed by atoms with E-state index in [1.807, 2.05) is 20.8 Å². The van der Waals surface area contributed by atoms with Gasteiger partial charge in [0.15, 0.2) is 5.96 Å². The van der Waals surface area contributed by atoms with E-state index in [0.717, 1.165) is 30.5 Å². The van der Waals surface area contributed by atoms with Crippen molar-refractivity contribution in [3.05, 3.63) is 15.6 Å². The van der Waals surface area contributed by atoms with Crippen molar-refractivity contribution in [1.29, 1.82) is 0 Å². The molecule has 25 heavy (non-hydrogen) atoms. The third-order valence-corrected chi connectivity index (χ3v) is 4.87. The van der Waals surface area contributed by atoms with Crippen LogP contribution in [0.4, 0.5) is 0 Å². The summed E-state index contributed by atoms with van der Waals surface area (Å²) in [6.45, 7) is 14.1. The zero-order valence-electron chi connectivity index (χ0n) is 16.3. The molecule has 0 aliphatic heterocycles. The molecule has 7 heteroatoms. The largest absolute Gasteiger partial charge is 0.462 e. The fourth-order valence-electron chi connectivity index (χ4n) is 2.27. The number of aryl methyl sites for hydroxylation is 1. The van der Waals surface area contributed by atoms with Gasteiger partial charge in [0, 0.05) is 13.1 Å². The van der Waals surface area contributed by atoms with Crippen LogP contribution in [0.15, 0.2) is 4.99 Å². The van der Waals surface area contributed by atoms with Gasteiger partial charge in [-0.15, -0.1) is 11.3 Å². The van der Waals surface area contributed by atoms with Gasteiger partial charge in [0.1, 0.15) is 9.88 Å². The maximum absolute atomic E-state index is 11.9. The number of aliphatic imine (C=N–C) groups is 1. The molecule has 142 valence electrons. The zero-order chi connectivity index (χ0) is 18.8. The molecule has 1 atom stereocenters. The predicted octanol–water partition coefficient (Wildman–Crippen LogP) is 3.68. The first-order chi connectivity index (χ1) is 11.9. The highest BCUT2D eigenvalue weighted by molar-refractivity contribution is 7.13. The van der Waals surface area contributed by atoms with Crippen LogP contribution in [0.3, 0.4) is 0 Å². The van der Waals surface area contributed by atoms with E-state index in [1.165, 1.54) is 17.8 Å². The van der Waals surface area contributed by atoms with E-state index < -0.39 is 0 Å². The minimum Gasteiger partial charge on any atom is -0.462 e. The summed E-state index contributed by atoms with van der Waals surface area (Å²) in [6, 6.07) is -0.0326. The Balaban J connectivity index is 2.73. The highest BCUT2D eigenvalue weighted by Crippen LogP contribution is 2.24. The monoisotopic (exact) mass is 368 g/mol. The molecule has 0 amide bonds. The number of hydrogen-bond acceptors (Lipinski definition) is 5. The molecule has 0 aliphatic rings. The van der Waals surface area contributed by atoms with E-state index >= 15 is 0 Å². The van der Waals surface area contributed by atoms with Crippen molar-refractivity contribution in [3.8, 4) is 0 Å². The van der Waals surface area contributed by atoms with Crippen molar-refractivity contribution in [3.63, 3.8) is 0 Å². The fourth-order valence-corrected chi connectivity index (χ4v) is 3.23. The van der Waals surface area contributed by atoms with E-state index in [-0.39, 0.29) is 12.0 Å². The van der Waals surface area contributed by atoms with E-state index in [9.17, 15) is 4.79 Å². The van der Waals surface area contributed by atoms with Gasteiger partial charge in [-0.1, -0.05) is 13.8 Å². The van der Waals surface area contributed by atoms with E-state index in [1.54, 1.807) is 6.92 Å². The lowest BCUT2D eigenvalue weighted by molar-refractivity contribution is 0.0531. The molecule has 6 nitrogen and oxygen atoms in total. The van der Waals surface area contributed by atoms with Gasteiger partial charge in [-0.05, 0) is 46.5 Å². The first kappa shape index (κ1) is 21.4. The Morgan fingerprint density at radius 2 is 2.04 bits per heavy atom. The molecular formula is C18H32N4O2S. The summed E-state index contributed by atoms with van der Waals surface area (Å²) >= 11 is 1.38. The summed E-state index contributed by atoms with van der Waals surface area (Å²) in [5.74, 6) is 1.18. The number of ether oxygens (including phenoxy) is 1. The number of nitrogens with one attached hydrogen (secondary N) is 2. The zero-order valence-corrected chi connectivity index (χ0v) is 17.1. The number of esters is 1. The average Bonchev–Trinajstić information content (AvgIpc) is 2.93. The van der Waals surface area contributed by atoms with Gasteiger partial charge in [-0.25, -0.2) is 9.78 Å². The molecule has 1 aromatic heterocycles. The first-order valence-electron chi connectivity index (χ1n) is 9.08. The van der Waals surface area contributed by atoms with Crippen LogP contribution in [0.2, 0.25) is 0 Å². The lowest BCUT2D eigenvalue weighted by Gasteiger charge is -2.16. The molecular weight excluding hydrogens is 336 g/mol. The predicted molar refractivity (Wildman–Crippen MR) is 104 cm³/mol. The minimum absolute atomic E-state index is 0.0326. The number of carbonyl (C=O) groups excluding carboxylic acids is 1. The Hall–Kier alpha value is -1.63. The number of rotatable bonds is 9. The number of hydrogen-bond donors (Lipinski definition) is 2. The number of nitrogens with zero attached hydrogens (tertiary/aromatic N) is 2. The van der Waals surface area contributed by atoms with Gasteiger partial charge >= 0.3 is 5.97 Å². The first-order valence-corrected chi connectivity index (χ1v) is 9.89. The van der Waals surface area contributed by atoms with Gasteiger partial charge in [-0.2, -0.15) is 0 Å². The van der Waals surface area contributed by atoms with E-state index in [0.29, 0.717) is 23.1 Å². The van der Waals surface area contributed by atoms with Gasteiger partial charge in [0.05, 0.1) is 18.3 Å². The standard InChI is InChI=1S/C18H32N4O2S/c1-7-19-18(20-11-9-10-12(3)4)22-14(6)16-21-13(5)15(25-16)17(23)24-8-2/h12,14H,7-11H2,1-6H3,(H2,19,20,22). The van der Waals surface area contributed by atoms with Crippen molar-refractivity contribution in [2.45, 2.75) is 60.4 Å². The Labute approximate surface area is 155 Å². The summed E-state index contributed by atoms with van der Waals surface area (Å²) in [7, 11) is 0. The van der Waals surface area contributed by atoms with Gasteiger partial charge in [-0.3, -0.25) is 4.99 Å². The summed E-state index contributed by atoms with van der Waals surface area (Å²) in [4.78, 5) is 21.7. The van der Waals surface area contributed by atoms with Crippen LogP contribution in [0.25, 0.3) is 0 Å². The Morgan fingerprint density at radius 3 is 2.64 bits per heavy atom. The Bertz CT molecular complexity index is 569. The quantitative estimate of drug-likeness (QED) is 0.301. The second kappa shape index (κ2) is 11.1. The third-order valence-electron chi connectivity index (χ3n) is 3.55. The lowest BCUT2D eigenvalue weighted by atomic mass is 10.1. The van der Waals surface area contributed by atoms with Crippen molar-refractivity contribution >= 4 is 23.3 Å². The van der Waals surface area contributed by atoms with Gasteiger partial charge in [0.25, 0.3) is 0 Å². The SMILES string of the molecule is CCNC(=NCCCC(C)C)NC(C)c1nc(C)c(C(=O)OCC)s1. The Morgan fingerprint density at radius 1 is 1.32 bits per heavy atom. The van der Waals surface area contributed by atoms with Crippen LogP contribution in [-0.2, 0) is 4.74 Å². The molecule has 1 rings (SSSR count). The summed E-state index contributed by atoms with van der Waals surface area (Å²) < 4.78 is 5.08. The molecule has 0 radical (unpaired) electrons. The van der Waals surface area contributed by atoms with E-state index in [4.69, 9.17) is 4.74 Å². The number of aromatic nitrogens is 1. The number of carbonyl (C=O) groups is 1. The highest BCUT2D eigenvalue weighted by Gasteiger charge is 2.20. The third kappa shape index (κ3) is 7.42. The van der Waals surface area contributed by atoms with Crippen LogP contribution in [-0.4, -0.2) is 36.6 Å². The minimum atomic E-state index is -0.301. The smallest absolute Gasteiger partial charge is 0.350 e. The maximum Gasteiger partial charge on any atom is 0.350 e. The van der Waals surface area contributed by atoms with E-state index in [2.05, 4.69) is 34.5 Å². The molecule has 0 saturated carbocycles. The molecule has 1 unspecified atom stereocenters. The van der Waals surface area contributed by atoms with Crippen molar-refractivity contribution in [2.24, 2.45) is 10.9 Å². The van der Waals surface area contributed by atoms with Crippen LogP contribution < -0.4 is 10.6 Å². The molecule has 0 spiro atoms. The van der Waals surface area contributed by atoms with Crippen LogP contribution in [0.5, 0.6) is 0 Å². The molecule has 0 bridgehead atoms. The summed E-state index contributed by atoms with van der Waals surface area (Å²) in [5, 5.41) is 7.48. The van der Waals surface area contributed by atoms with Crippen LogP contribution >= 0.6 is 11.3 Å². The van der Waals surface area contributed by atoms with Crippen LogP contribution in [0, 0.1) is 12.8 Å². The maximum atomic E-state index is 11.9. The van der Waals surface area contributed by atoms with Crippen molar-refractivity contribution < 1.29 is 9.53 Å². The second-order valence-electron chi connectivity index (χ2n) is 6.35. The van der Waals surface area contributed by atoms with Gasteiger partial charge < -0.3 is 15.4 Å². The molecule has 0 aromatic carbocycles. The number of guanidine groups is 1. The van der Waals surface area contributed by atoms with Crippen LogP contribution in [0.1, 0.15) is 73.9 Å². The second-order valence-corrected chi connectivity index (χ2v) is 7.38. The average molecular weight is 369 g/mol. The lowest BCUT2D eigenvalue weighted by Crippen LogP contribution is -2.38. The molecule has 0 aliphatic carbocycles. The summed E-state index contributed by atoms with van der Waals surface area (Å²) in [5.41, 5.74) is 0.714. The molecule has 0 saturated heterocycles. The molecule has 1 aromatic rings.